The molecule has 0 fully saturated rings. The predicted octanol–water partition coefficient (Wildman–Crippen LogP) is 2.99. The van der Waals surface area contributed by atoms with Gasteiger partial charge in [0.2, 0.25) is 0 Å². The summed E-state index contributed by atoms with van der Waals surface area (Å²) in [5.41, 5.74) is 9.54. The second-order valence-electron chi connectivity index (χ2n) is 6.09. The van der Waals surface area contributed by atoms with Gasteiger partial charge in [-0.25, -0.2) is 9.97 Å². The molecule has 0 spiro atoms. The summed E-state index contributed by atoms with van der Waals surface area (Å²) in [5, 5.41) is 0. The second kappa shape index (κ2) is 5.61. The zero-order valence-corrected chi connectivity index (χ0v) is 14.2. The number of aryl methyl sites for hydroxylation is 1. The minimum absolute atomic E-state index is 0.459. The third-order valence-electron chi connectivity index (χ3n) is 3.91. The fourth-order valence-corrected chi connectivity index (χ4v) is 2.95. The van der Waals surface area contributed by atoms with E-state index in [-0.39, 0.29) is 0 Å². The van der Waals surface area contributed by atoms with Crippen LogP contribution in [0.15, 0.2) is 12.1 Å². The Hall–Kier alpha value is -2.50. The van der Waals surface area contributed by atoms with E-state index in [1.54, 1.807) is 14.2 Å². The van der Waals surface area contributed by atoms with E-state index < -0.39 is 0 Å². The Morgan fingerprint density at radius 3 is 2.52 bits per heavy atom. The zero-order chi connectivity index (χ0) is 16.7. The van der Waals surface area contributed by atoms with Gasteiger partial charge >= 0.3 is 0 Å². The van der Waals surface area contributed by atoms with Crippen molar-refractivity contribution in [2.75, 3.05) is 20.0 Å². The molecule has 6 heteroatoms. The molecule has 2 heterocycles. The molecule has 0 radical (unpaired) electrons. The van der Waals surface area contributed by atoms with Gasteiger partial charge in [0, 0.05) is 18.6 Å². The molecule has 23 heavy (non-hydrogen) atoms. The maximum atomic E-state index is 6.20. The van der Waals surface area contributed by atoms with Crippen LogP contribution in [0.1, 0.15) is 25.4 Å². The Bertz CT molecular complexity index is 884. The maximum absolute atomic E-state index is 6.20. The highest BCUT2D eigenvalue weighted by Crippen LogP contribution is 2.33. The van der Waals surface area contributed by atoms with Crippen molar-refractivity contribution in [3.05, 3.63) is 23.7 Å². The number of nitrogen functional groups attached to an aromatic ring is 1. The van der Waals surface area contributed by atoms with Crippen LogP contribution >= 0.6 is 0 Å². The van der Waals surface area contributed by atoms with Crippen LogP contribution in [-0.2, 0) is 6.42 Å². The van der Waals surface area contributed by atoms with Crippen LogP contribution in [0.25, 0.3) is 16.6 Å². The highest BCUT2D eigenvalue weighted by Gasteiger charge is 2.19. The highest BCUT2D eigenvalue weighted by atomic mass is 16.5. The fraction of sp³-hybridized carbons (Fsp3) is 0.412. The van der Waals surface area contributed by atoms with Crippen LogP contribution in [0.4, 0.5) is 5.82 Å². The summed E-state index contributed by atoms with van der Waals surface area (Å²) in [5.74, 6) is 3.26. The van der Waals surface area contributed by atoms with Crippen LogP contribution in [0.3, 0.4) is 0 Å². The second-order valence-corrected chi connectivity index (χ2v) is 6.09. The number of hydrogen-bond acceptors (Lipinski definition) is 5. The molecule has 122 valence electrons. The van der Waals surface area contributed by atoms with E-state index >= 15 is 0 Å². The molecule has 0 saturated carbocycles. The van der Waals surface area contributed by atoms with Crippen molar-refractivity contribution in [1.29, 1.82) is 0 Å². The predicted molar refractivity (Wildman–Crippen MR) is 91.3 cm³/mol. The largest absolute Gasteiger partial charge is 0.497 e. The molecule has 0 unspecified atom stereocenters. The van der Waals surface area contributed by atoms with Gasteiger partial charge in [0.15, 0.2) is 5.82 Å². The molecule has 3 aromatic rings. The van der Waals surface area contributed by atoms with Gasteiger partial charge in [0.05, 0.1) is 25.4 Å². The van der Waals surface area contributed by atoms with E-state index in [0.717, 1.165) is 29.0 Å². The number of rotatable bonds is 4. The molecule has 2 aromatic heterocycles. The Morgan fingerprint density at radius 2 is 1.91 bits per heavy atom. The van der Waals surface area contributed by atoms with E-state index in [1.165, 1.54) is 0 Å². The molecule has 0 saturated heterocycles. The van der Waals surface area contributed by atoms with Crippen LogP contribution in [0, 0.1) is 12.8 Å². The van der Waals surface area contributed by atoms with Crippen molar-refractivity contribution in [3.8, 4) is 11.5 Å². The molecule has 6 nitrogen and oxygen atoms in total. The molecular weight excluding hydrogens is 292 g/mol. The van der Waals surface area contributed by atoms with Crippen LogP contribution in [-0.4, -0.2) is 28.6 Å². The van der Waals surface area contributed by atoms with Crippen molar-refractivity contribution in [2.45, 2.75) is 27.2 Å². The Labute approximate surface area is 135 Å². The summed E-state index contributed by atoms with van der Waals surface area (Å²) in [6.07, 6.45) is 0.854. The van der Waals surface area contributed by atoms with E-state index in [0.29, 0.717) is 28.8 Å². The minimum Gasteiger partial charge on any atom is -0.497 e. The van der Waals surface area contributed by atoms with Gasteiger partial charge in [0.25, 0.3) is 0 Å². The number of nitrogens with zero attached hydrogens (tertiary/aromatic N) is 3. The quantitative estimate of drug-likeness (QED) is 0.801. The summed E-state index contributed by atoms with van der Waals surface area (Å²) >= 11 is 0. The van der Waals surface area contributed by atoms with Crippen LogP contribution < -0.4 is 15.2 Å². The molecule has 2 N–H and O–H groups in total. The van der Waals surface area contributed by atoms with E-state index in [2.05, 4.69) is 23.2 Å². The van der Waals surface area contributed by atoms with Gasteiger partial charge in [-0.2, -0.15) is 0 Å². The lowest BCUT2D eigenvalue weighted by atomic mass is 10.1. The number of methoxy groups -OCH3 is 2. The first-order valence-corrected chi connectivity index (χ1v) is 7.65. The van der Waals surface area contributed by atoms with Gasteiger partial charge in [-0.1, -0.05) is 13.8 Å². The number of ether oxygens (including phenoxy) is 2. The van der Waals surface area contributed by atoms with Crippen molar-refractivity contribution in [3.63, 3.8) is 0 Å². The minimum atomic E-state index is 0.459. The molecule has 0 aliphatic heterocycles. The van der Waals surface area contributed by atoms with Crippen molar-refractivity contribution >= 4 is 22.4 Å². The summed E-state index contributed by atoms with van der Waals surface area (Å²) < 4.78 is 13.0. The van der Waals surface area contributed by atoms with Crippen LogP contribution in [0.2, 0.25) is 0 Å². The van der Waals surface area contributed by atoms with Crippen molar-refractivity contribution < 1.29 is 9.47 Å². The number of benzene rings is 1. The lowest BCUT2D eigenvalue weighted by Crippen LogP contribution is -2.05. The number of imidazole rings is 1. The molecular formula is C17H22N4O2. The molecule has 0 bridgehead atoms. The normalized spacial score (nSPS) is 11.6. The van der Waals surface area contributed by atoms with Crippen molar-refractivity contribution in [2.24, 2.45) is 5.92 Å². The first-order valence-electron chi connectivity index (χ1n) is 7.65. The number of aromatic nitrogens is 3. The average Bonchev–Trinajstić information content (AvgIpc) is 2.83. The average molecular weight is 314 g/mol. The lowest BCUT2D eigenvalue weighted by molar-refractivity contribution is 0.397. The molecule has 0 atom stereocenters. The highest BCUT2D eigenvalue weighted by molar-refractivity contribution is 5.90. The summed E-state index contributed by atoms with van der Waals surface area (Å²) in [6.45, 7) is 6.30. The van der Waals surface area contributed by atoms with E-state index in [1.807, 2.05) is 19.1 Å². The Balaban J connectivity index is 2.48. The smallest absolute Gasteiger partial charge is 0.150 e. The van der Waals surface area contributed by atoms with Gasteiger partial charge in [-0.3, -0.25) is 4.40 Å². The SMILES string of the molecule is COc1cc(OC)c2nc(N)c3c(C)nc(CC(C)C)n3c2c1. The Kier molecular flexibility index (Phi) is 3.75. The molecule has 0 aliphatic carbocycles. The fourth-order valence-electron chi connectivity index (χ4n) is 2.95. The van der Waals surface area contributed by atoms with E-state index in [4.69, 9.17) is 20.2 Å². The number of nitrogens with two attached hydrogens (primary N) is 1. The van der Waals surface area contributed by atoms with Gasteiger partial charge in [-0.05, 0) is 12.8 Å². The number of fused-ring (bicyclic) bond motifs is 3. The summed E-state index contributed by atoms with van der Waals surface area (Å²) in [7, 11) is 3.25. The standard InChI is InChI=1S/C17H22N4O2/c1-9(2)6-14-19-10(3)16-17(18)20-15-12(21(14)16)7-11(22-4)8-13(15)23-5/h7-9H,6H2,1-5H3,(H2,18,20). The molecule has 0 aliphatic rings. The monoisotopic (exact) mass is 314 g/mol. The molecule has 0 amide bonds. The third-order valence-corrected chi connectivity index (χ3v) is 3.91. The van der Waals surface area contributed by atoms with Crippen molar-refractivity contribution in [1.82, 2.24) is 14.4 Å². The first kappa shape index (κ1) is 15.4. The Morgan fingerprint density at radius 1 is 1.17 bits per heavy atom. The maximum Gasteiger partial charge on any atom is 0.150 e. The third kappa shape index (κ3) is 2.44. The number of anilines is 1. The van der Waals surface area contributed by atoms with Gasteiger partial charge in [-0.15, -0.1) is 0 Å². The summed E-state index contributed by atoms with van der Waals surface area (Å²) in [4.78, 5) is 9.25. The number of hydrogen-bond donors (Lipinski definition) is 1. The summed E-state index contributed by atoms with van der Waals surface area (Å²) in [6, 6.07) is 3.76. The topological polar surface area (TPSA) is 74.7 Å². The van der Waals surface area contributed by atoms with Gasteiger partial charge in [0.1, 0.15) is 28.4 Å². The van der Waals surface area contributed by atoms with E-state index in [9.17, 15) is 0 Å². The van der Waals surface area contributed by atoms with Crippen LogP contribution in [0.5, 0.6) is 11.5 Å². The lowest BCUT2D eigenvalue weighted by Gasteiger charge is -2.13. The molecule has 3 rings (SSSR count). The zero-order valence-electron chi connectivity index (χ0n) is 14.2. The first-order chi connectivity index (χ1) is 11.0. The molecule has 1 aromatic carbocycles. The van der Waals surface area contributed by atoms with Gasteiger partial charge < -0.3 is 15.2 Å².